The highest BCUT2D eigenvalue weighted by Gasteiger charge is 2.45. The van der Waals surface area contributed by atoms with Crippen molar-refractivity contribution in [2.24, 2.45) is 7.05 Å². The zero-order valence-corrected chi connectivity index (χ0v) is 22.3. The van der Waals surface area contributed by atoms with Crippen molar-refractivity contribution >= 4 is 23.1 Å². The predicted molar refractivity (Wildman–Crippen MR) is 128 cm³/mol. The Morgan fingerprint density at radius 3 is 2.25 bits per heavy atom. The third-order valence-corrected chi connectivity index (χ3v) is 6.09. The number of pyridine rings is 1. The maximum atomic E-state index is 10.3. The van der Waals surface area contributed by atoms with E-state index in [9.17, 15) is 20.4 Å². The number of hydrogen-bond donors (Lipinski definition) is 4. The van der Waals surface area contributed by atoms with E-state index in [2.05, 4.69) is 16.7 Å². The fourth-order valence-corrected chi connectivity index (χ4v) is 4.11. The largest absolute Gasteiger partial charge is 1.00 e. The molecule has 9 nitrogen and oxygen atoms in total. The van der Waals surface area contributed by atoms with Gasteiger partial charge in [-0.2, -0.15) is 0 Å². The fraction of sp³-hybridized carbons (Fsp3) is 0.346. The highest BCUT2D eigenvalue weighted by molar-refractivity contribution is 5.89. The molecule has 0 unspecified atom stereocenters. The number of aromatic nitrogens is 1. The number of fused-ring (bicyclic) bond motifs is 1. The lowest BCUT2D eigenvalue weighted by atomic mass is 9.99. The van der Waals surface area contributed by atoms with Gasteiger partial charge in [-0.3, -0.25) is 0 Å². The number of aliphatic hydroxyl groups is 4. The summed E-state index contributed by atoms with van der Waals surface area (Å²) in [4.78, 5) is 0. The lowest BCUT2D eigenvalue weighted by Gasteiger charge is -2.39. The van der Waals surface area contributed by atoms with Crippen LogP contribution in [0.15, 0.2) is 48.7 Å². The molecule has 2 aromatic carbocycles. The highest BCUT2D eigenvalue weighted by atomic mass is 127. The molecular formula is C26H30INO8. The van der Waals surface area contributed by atoms with Crippen LogP contribution in [0.2, 0.25) is 0 Å². The average molecular weight is 611 g/mol. The summed E-state index contributed by atoms with van der Waals surface area (Å²) in [6, 6.07) is 13.6. The van der Waals surface area contributed by atoms with Gasteiger partial charge in [0.05, 0.1) is 26.2 Å². The molecule has 2 heterocycles. The molecule has 4 rings (SSSR count). The third kappa shape index (κ3) is 5.58. The Balaban J connectivity index is 0.00000361. The van der Waals surface area contributed by atoms with Gasteiger partial charge < -0.3 is 63.4 Å². The molecule has 1 saturated heterocycles. The van der Waals surface area contributed by atoms with Crippen LogP contribution in [-0.4, -0.2) is 72.0 Å². The summed E-state index contributed by atoms with van der Waals surface area (Å²) < 4.78 is 24.3. The number of aliphatic hydroxyl groups excluding tert-OH is 4. The van der Waals surface area contributed by atoms with Crippen LogP contribution in [-0.2, 0) is 11.8 Å². The zero-order valence-electron chi connectivity index (χ0n) is 20.1. The monoisotopic (exact) mass is 611 g/mol. The van der Waals surface area contributed by atoms with Crippen molar-refractivity contribution in [3.63, 3.8) is 0 Å². The first kappa shape index (κ1) is 28.1. The van der Waals surface area contributed by atoms with E-state index in [1.165, 1.54) is 14.2 Å². The van der Waals surface area contributed by atoms with Crippen molar-refractivity contribution in [1.82, 2.24) is 0 Å². The molecular weight excluding hydrogens is 581 g/mol. The third-order valence-electron chi connectivity index (χ3n) is 6.09. The van der Waals surface area contributed by atoms with Crippen molar-refractivity contribution < 1.29 is 67.9 Å². The van der Waals surface area contributed by atoms with Crippen LogP contribution >= 0.6 is 0 Å². The standard InChI is InChI=1S/C26H30NO8.HI/c1-27-11-10-16(17-6-4-5-7-18(17)27)9-8-15-12-19(32-2)25(20(13-15)33-3)35-26-24(31)23(30)22(29)21(14-28)34-26;/h4-13,21-24,26,28-31H,14H2,1-3H3;1H/q+1;/p-1/b9-8+;/t21-,22+,23+,24-,26+;/m1./s1. The molecule has 1 aliphatic rings. The van der Waals surface area contributed by atoms with Crippen LogP contribution in [0.1, 0.15) is 11.1 Å². The Morgan fingerprint density at radius 2 is 1.61 bits per heavy atom. The number of hydrogen-bond acceptors (Lipinski definition) is 8. The van der Waals surface area contributed by atoms with E-state index in [-0.39, 0.29) is 29.7 Å². The normalized spacial score (nSPS) is 23.9. The SMILES string of the molecule is COc1cc(/C=C/c2cc[n+](C)c3ccccc23)cc(OC)c1O[C@@H]1O[C@H](CO)[C@H](O)[C@H](O)[C@H]1O.[I-]. The lowest BCUT2D eigenvalue weighted by Crippen LogP contribution is -3.00. The fourth-order valence-electron chi connectivity index (χ4n) is 4.11. The van der Waals surface area contributed by atoms with Gasteiger partial charge in [0, 0.05) is 12.1 Å². The Kier molecular flexibility index (Phi) is 9.50. The van der Waals surface area contributed by atoms with Gasteiger partial charge in [-0.05, 0) is 29.3 Å². The molecule has 3 aromatic rings. The van der Waals surface area contributed by atoms with Crippen LogP contribution in [0.25, 0.3) is 23.1 Å². The van der Waals surface area contributed by atoms with Crippen LogP contribution in [0, 0.1) is 0 Å². The van der Waals surface area contributed by atoms with Crippen LogP contribution in [0.4, 0.5) is 0 Å². The molecule has 1 fully saturated rings. The molecule has 0 bridgehead atoms. The highest BCUT2D eigenvalue weighted by Crippen LogP contribution is 2.41. The zero-order chi connectivity index (χ0) is 25.1. The Hall–Kier alpha value is -2.48. The second-order valence-electron chi connectivity index (χ2n) is 8.30. The summed E-state index contributed by atoms with van der Waals surface area (Å²) in [5.74, 6) is 0.768. The predicted octanol–water partition coefficient (Wildman–Crippen LogP) is -1.97. The van der Waals surface area contributed by atoms with Crippen LogP contribution < -0.4 is 42.8 Å². The summed E-state index contributed by atoms with van der Waals surface area (Å²) in [6.45, 7) is -0.561. The van der Waals surface area contributed by atoms with Crippen LogP contribution in [0.5, 0.6) is 17.2 Å². The van der Waals surface area contributed by atoms with Crippen molar-refractivity contribution in [1.29, 1.82) is 0 Å². The molecule has 5 atom stereocenters. The molecule has 0 spiro atoms. The molecule has 0 amide bonds. The maximum absolute atomic E-state index is 10.3. The molecule has 1 aliphatic heterocycles. The van der Waals surface area contributed by atoms with Crippen molar-refractivity contribution in [3.8, 4) is 17.2 Å². The minimum atomic E-state index is -1.56. The number of ether oxygens (including phenoxy) is 4. The molecule has 194 valence electrons. The summed E-state index contributed by atoms with van der Waals surface area (Å²) in [5.41, 5.74) is 2.92. The Labute approximate surface area is 226 Å². The van der Waals surface area contributed by atoms with E-state index in [4.69, 9.17) is 18.9 Å². The summed E-state index contributed by atoms with van der Waals surface area (Å²) in [6.07, 6.45) is -1.16. The molecule has 36 heavy (non-hydrogen) atoms. The number of nitrogens with zero attached hydrogens (tertiary/aromatic N) is 1. The molecule has 0 saturated carbocycles. The van der Waals surface area contributed by atoms with Gasteiger partial charge in [0.2, 0.25) is 17.6 Å². The van der Waals surface area contributed by atoms with Crippen LogP contribution in [0.3, 0.4) is 0 Å². The molecule has 0 radical (unpaired) electrons. The topological polar surface area (TPSA) is 122 Å². The average Bonchev–Trinajstić information content (AvgIpc) is 2.88. The molecule has 0 aliphatic carbocycles. The molecule has 1 aromatic heterocycles. The summed E-state index contributed by atoms with van der Waals surface area (Å²) in [5, 5.41) is 41.0. The minimum absolute atomic E-state index is 0. The maximum Gasteiger partial charge on any atom is 0.229 e. The van der Waals surface area contributed by atoms with Crippen molar-refractivity contribution in [2.75, 3.05) is 20.8 Å². The first-order valence-corrected chi connectivity index (χ1v) is 11.2. The molecule has 10 heteroatoms. The first-order valence-electron chi connectivity index (χ1n) is 11.2. The van der Waals surface area contributed by atoms with Gasteiger partial charge in [0.25, 0.3) is 0 Å². The van der Waals surface area contributed by atoms with Gasteiger partial charge in [-0.15, -0.1) is 0 Å². The van der Waals surface area contributed by atoms with Gasteiger partial charge >= 0.3 is 0 Å². The van der Waals surface area contributed by atoms with E-state index in [0.29, 0.717) is 11.5 Å². The van der Waals surface area contributed by atoms with Gasteiger partial charge in [-0.25, -0.2) is 4.57 Å². The van der Waals surface area contributed by atoms with Gasteiger partial charge in [0.15, 0.2) is 17.7 Å². The lowest BCUT2D eigenvalue weighted by molar-refractivity contribution is -0.644. The Bertz CT molecular complexity index is 1190. The van der Waals surface area contributed by atoms with Gasteiger partial charge in [0.1, 0.15) is 31.5 Å². The smallest absolute Gasteiger partial charge is 0.229 e. The van der Waals surface area contributed by atoms with E-state index in [1.807, 2.05) is 43.6 Å². The van der Waals surface area contributed by atoms with E-state index >= 15 is 0 Å². The van der Waals surface area contributed by atoms with Crippen molar-refractivity contribution in [2.45, 2.75) is 30.7 Å². The summed E-state index contributed by atoms with van der Waals surface area (Å²) >= 11 is 0. The number of para-hydroxylation sites is 1. The van der Waals surface area contributed by atoms with E-state index in [1.54, 1.807) is 12.1 Å². The first-order chi connectivity index (χ1) is 16.9. The number of aryl methyl sites for hydroxylation is 1. The van der Waals surface area contributed by atoms with E-state index in [0.717, 1.165) is 22.0 Å². The van der Waals surface area contributed by atoms with E-state index < -0.39 is 37.3 Å². The number of rotatable bonds is 7. The van der Waals surface area contributed by atoms with Gasteiger partial charge in [-0.1, -0.05) is 24.3 Å². The summed E-state index contributed by atoms with van der Waals surface area (Å²) in [7, 11) is 4.93. The number of halogens is 1. The van der Waals surface area contributed by atoms with Crippen molar-refractivity contribution in [3.05, 3.63) is 59.8 Å². The number of benzene rings is 2. The number of methoxy groups -OCH3 is 2. The second-order valence-corrected chi connectivity index (χ2v) is 8.30. The Morgan fingerprint density at radius 1 is 0.944 bits per heavy atom. The second kappa shape index (κ2) is 12.2. The quantitative estimate of drug-likeness (QED) is 0.180. The minimum Gasteiger partial charge on any atom is -1.00 e. The molecule has 4 N–H and O–H groups in total.